The third-order valence-electron chi connectivity index (χ3n) is 2.76. The number of carbonyl (C=O) groups is 1. The van der Waals surface area contributed by atoms with Crippen molar-refractivity contribution in [2.75, 3.05) is 25.1 Å². The second-order valence-corrected chi connectivity index (χ2v) is 4.68. The first-order valence-corrected chi connectivity index (χ1v) is 6.67. The summed E-state index contributed by atoms with van der Waals surface area (Å²) in [6.45, 7) is 1.60. The summed E-state index contributed by atoms with van der Waals surface area (Å²) in [6.07, 6.45) is 2.04. The highest BCUT2D eigenvalue weighted by molar-refractivity contribution is 6.34. The van der Waals surface area contributed by atoms with Crippen molar-refractivity contribution < 1.29 is 14.3 Å². The van der Waals surface area contributed by atoms with Crippen LogP contribution >= 0.6 is 11.6 Å². The van der Waals surface area contributed by atoms with E-state index in [2.05, 4.69) is 5.32 Å². The topological polar surface area (TPSA) is 73.6 Å². The molecule has 5 nitrogen and oxygen atoms in total. The third kappa shape index (κ3) is 3.75. The van der Waals surface area contributed by atoms with Gasteiger partial charge in [-0.2, -0.15) is 0 Å². The Balaban J connectivity index is 2.01. The Bertz CT molecular complexity index is 465. The standard InChI is InChI=1S/C13H17ClN2O3/c14-9-7-11-12(19-6-5-18-11)8-10(9)16-13(17)3-1-2-4-15/h7-8H,1-6,15H2,(H,16,17). The molecule has 3 N–H and O–H groups in total. The second-order valence-electron chi connectivity index (χ2n) is 4.27. The minimum absolute atomic E-state index is 0.0768. The van der Waals surface area contributed by atoms with Crippen LogP contribution in [0.5, 0.6) is 11.5 Å². The number of ether oxygens (including phenoxy) is 2. The zero-order valence-corrected chi connectivity index (χ0v) is 11.3. The van der Waals surface area contributed by atoms with E-state index < -0.39 is 0 Å². The molecule has 0 aliphatic carbocycles. The average molecular weight is 285 g/mol. The third-order valence-corrected chi connectivity index (χ3v) is 3.08. The molecule has 0 atom stereocenters. The summed E-state index contributed by atoms with van der Waals surface area (Å²) in [5, 5.41) is 3.21. The highest BCUT2D eigenvalue weighted by Crippen LogP contribution is 2.37. The predicted molar refractivity (Wildman–Crippen MR) is 74.0 cm³/mol. The van der Waals surface area contributed by atoms with Crippen LogP contribution in [0.25, 0.3) is 0 Å². The maximum absolute atomic E-state index is 11.7. The maximum atomic E-state index is 11.7. The minimum atomic E-state index is -0.0768. The monoisotopic (exact) mass is 284 g/mol. The summed E-state index contributed by atoms with van der Waals surface area (Å²) >= 11 is 6.10. The van der Waals surface area contributed by atoms with Crippen molar-refractivity contribution in [3.8, 4) is 11.5 Å². The van der Waals surface area contributed by atoms with Gasteiger partial charge in [-0.05, 0) is 19.4 Å². The number of halogens is 1. The minimum Gasteiger partial charge on any atom is -0.486 e. The number of nitrogens with one attached hydrogen (secondary N) is 1. The molecule has 0 unspecified atom stereocenters. The van der Waals surface area contributed by atoms with E-state index in [4.69, 9.17) is 26.8 Å². The van der Waals surface area contributed by atoms with Gasteiger partial charge in [-0.25, -0.2) is 0 Å². The van der Waals surface area contributed by atoms with Crippen LogP contribution in [0.2, 0.25) is 5.02 Å². The van der Waals surface area contributed by atoms with Crippen LogP contribution in [0, 0.1) is 0 Å². The molecule has 0 saturated heterocycles. The molecule has 19 heavy (non-hydrogen) atoms. The predicted octanol–water partition coefficient (Wildman–Crippen LogP) is 2.18. The number of unbranched alkanes of at least 4 members (excludes halogenated alkanes) is 1. The normalized spacial score (nSPS) is 13.2. The Morgan fingerprint density at radius 2 is 1.95 bits per heavy atom. The average Bonchev–Trinajstić information content (AvgIpc) is 2.40. The number of carbonyl (C=O) groups excluding carboxylic acids is 1. The molecule has 0 aromatic heterocycles. The first-order chi connectivity index (χ1) is 9.20. The van der Waals surface area contributed by atoms with Gasteiger partial charge < -0.3 is 20.5 Å². The van der Waals surface area contributed by atoms with Crippen LogP contribution in [0.4, 0.5) is 5.69 Å². The lowest BCUT2D eigenvalue weighted by atomic mass is 10.2. The van der Waals surface area contributed by atoms with Crippen molar-refractivity contribution in [1.82, 2.24) is 0 Å². The number of hydrogen-bond donors (Lipinski definition) is 2. The van der Waals surface area contributed by atoms with Gasteiger partial charge in [0.05, 0.1) is 10.7 Å². The van der Waals surface area contributed by atoms with Crippen LogP contribution in [0.1, 0.15) is 19.3 Å². The summed E-state index contributed by atoms with van der Waals surface area (Å²) in [7, 11) is 0. The van der Waals surface area contributed by atoms with Crippen molar-refractivity contribution in [3.05, 3.63) is 17.2 Å². The molecule has 1 heterocycles. The summed E-state index contributed by atoms with van der Waals surface area (Å²) in [6, 6.07) is 3.35. The Labute approximate surface area is 117 Å². The van der Waals surface area contributed by atoms with Gasteiger partial charge in [0.25, 0.3) is 0 Å². The Morgan fingerprint density at radius 3 is 2.63 bits per heavy atom. The molecule has 2 rings (SSSR count). The van der Waals surface area contributed by atoms with Crippen molar-refractivity contribution in [3.63, 3.8) is 0 Å². The zero-order chi connectivity index (χ0) is 13.7. The van der Waals surface area contributed by atoms with E-state index in [-0.39, 0.29) is 5.91 Å². The molecule has 1 aromatic carbocycles. The van der Waals surface area contributed by atoms with E-state index in [0.717, 1.165) is 12.8 Å². The van der Waals surface area contributed by atoms with E-state index in [1.807, 2.05) is 0 Å². The van der Waals surface area contributed by atoms with Crippen molar-refractivity contribution in [1.29, 1.82) is 0 Å². The molecule has 1 amide bonds. The molecule has 1 aliphatic heterocycles. The largest absolute Gasteiger partial charge is 0.486 e. The molecule has 0 saturated carbocycles. The number of fused-ring (bicyclic) bond motifs is 1. The van der Waals surface area contributed by atoms with E-state index in [1.54, 1.807) is 12.1 Å². The number of hydrogen-bond acceptors (Lipinski definition) is 4. The molecule has 0 spiro atoms. The molecule has 104 valence electrons. The van der Waals surface area contributed by atoms with E-state index in [0.29, 0.717) is 48.4 Å². The SMILES string of the molecule is NCCCCC(=O)Nc1cc2c(cc1Cl)OCCO2. The van der Waals surface area contributed by atoms with Gasteiger partial charge in [-0.15, -0.1) is 0 Å². The fraction of sp³-hybridized carbons (Fsp3) is 0.462. The van der Waals surface area contributed by atoms with Gasteiger partial charge in [0.1, 0.15) is 13.2 Å². The number of anilines is 1. The fourth-order valence-electron chi connectivity index (χ4n) is 1.80. The van der Waals surface area contributed by atoms with Crippen LogP contribution in [-0.4, -0.2) is 25.7 Å². The van der Waals surface area contributed by atoms with Crippen LogP contribution in [-0.2, 0) is 4.79 Å². The lowest BCUT2D eigenvalue weighted by molar-refractivity contribution is -0.116. The molecular weight excluding hydrogens is 268 g/mol. The molecule has 0 radical (unpaired) electrons. The molecule has 0 fully saturated rings. The first-order valence-electron chi connectivity index (χ1n) is 6.30. The smallest absolute Gasteiger partial charge is 0.224 e. The van der Waals surface area contributed by atoms with Gasteiger partial charge >= 0.3 is 0 Å². The van der Waals surface area contributed by atoms with E-state index in [9.17, 15) is 4.79 Å². The number of benzene rings is 1. The quantitative estimate of drug-likeness (QED) is 0.813. The van der Waals surface area contributed by atoms with E-state index >= 15 is 0 Å². The Hall–Kier alpha value is -1.46. The van der Waals surface area contributed by atoms with Crippen molar-refractivity contribution in [2.24, 2.45) is 5.73 Å². The molecular formula is C13H17ClN2O3. The van der Waals surface area contributed by atoms with Crippen molar-refractivity contribution in [2.45, 2.75) is 19.3 Å². The first kappa shape index (κ1) is 14.0. The Morgan fingerprint density at radius 1 is 1.26 bits per heavy atom. The summed E-state index contributed by atoms with van der Waals surface area (Å²) in [5.41, 5.74) is 5.93. The lowest BCUT2D eigenvalue weighted by Gasteiger charge is -2.20. The molecule has 6 heteroatoms. The Kier molecular flexibility index (Phi) is 4.87. The number of nitrogens with two attached hydrogens (primary N) is 1. The molecule has 1 aliphatic rings. The van der Waals surface area contributed by atoms with Crippen LogP contribution in [0.15, 0.2) is 12.1 Å². The van der Waals surface area contributed by atoms with Gasteiger partial charge in [0.15, 0.2) is 11.5 Å². The van der Waals surface area contributed by atoms with E-state index in [1.165, 1.54) is 0 Å². The molecule has 0 bridgehead atoms. The number of rotatable bonds is 5. The second kappa shape index (κ2) is 6.63. The highest BCUT2D eigenvalue weighted by Gasteiger charge is 2.16. The molecule has 1 aromatic rings. The van der Waals surface area contributed by atoms with Gasteiger partial charge in [0.2, 0.25) is 5.91 Å². The summed E-state index contributed by atoms with van der Waals surface area (Å²) < 4.78 is 10.9. The number of amides is 1. The van der Waals surface area contributed by atoms with Gasteiger partial charge in [-0.3, -0.25) is 4.79 Å². The lowest BCUT2D eigenvalue weighted by Crippen LogP contribution is -2.16. The van der Waals surface area contributed by atoms with Crippen LogP contribution in [0.3, 0.4) is 0 Å². The van der Waals surface area contributed by atoms with Gasteiger partial charge in [-0.1, -0.05) is 11.6 Å². The summed E-state index contributed by atoms with van der Waals surface area (Å²) in [4.78, 5) is 11.7. The van der Waals surface area contributed by atoms with Crippen molar-refractivity contribution >= 4 is 23.2 Å². The van der Waals surface area contributed by atoms with Crippen LogP contribution < -0.4 is 20.5 Å². The zero-order valence-electron chi connectivity index (χ0n) is 10.6. The highest BCUT2D eigenvalue weighted by atomic mass is 35.5. The summed E-state index contributed by atoms with van der Waals surface area (Å²) in [5.74, 6) is 1.14. The fourth-order valence-corrected chi connectivity index (χ4v) is 2.00. The van der Waals surface area contributed by atoms with Gasteiger partial charge in [0, 0.05) is 18.6 Å². The maximum Gasteiger partial charge on any atom is 0.224 e.